The van der Waals surface area contributed by atoms with Crippen LogP contribution in [0.25, 0.3) is 0 Å². The number of hydrogen-bond donors (Lipinski definition) is 0. The Morgan fingerprint density at radius 3 is 2.32 bits per heavy atom. The lowest BCUT2D eigenvalue weighted by molar-refractivity contribution is -0.134. The van der Waals surface area contributed by atoms with Crippen LogP contribution < -0.4 is 0 Å². The second-order valence-electron chi connectivity index (χ2n) is 7.89. The van der Waals surface area contributed by atoms with E-state index in [9.17, 15) is 9.59 Å². The van der Waals surface area contributed by atoms with Crippen molar-refractivity contribution >= 4 is 12.0 Å². The average molecular weight is 378 g/mol. The van der Waals surface area contributed by atoms with E-state index in [1.54, 1.807) is 0 Å². The maximum Gasteiger partial charge on any atom is 0.416 e. The molecule has 2 heterocycles. The first-order valence-corrected chi connectivity index (χ1v) is 9.92. The maximum absolute atomic E-state index is 13.3. The summed E-state index contributed by atoms with van der Waals surface area (Å²) in [6.45, 7) is 4.73. The van der Waals surface area contributed by atoms with Crippen LogP contribution in [0.5, 0.6) is 0 Å². The van der Waals surface area contributed by atoms with E-state index < -0.39 is 6.09 Å². The highest BCUT2D eigenvalue weighted by atomic mass is 16.6. The quantitative estimate of drug-likeness (QED) is 0.801. The molecule has 2 aromatic rings. The lowest BCUT2D eigenvalue weighted by atomic mass is 9.95. The van der Waals surface area contributed by atoms with Crippen LogP contribution in [-0.4, -0.2) is 47.5 Å². The summed E-state index contributed by atoms with van der Waals surface area (Å²) in [5, 5.41) is 0. The van der Waals surface area contributed by atoms with Gasteiger partial charge < -0.3 is 4.74 Å². The fourth-order valence-electron chi connectivity index (χ4n) is 4.30. The number of amides is 2. The van der Waals surface area contributed by atoms with Crippen molar-refractivity contribution in [3.63, 3.8) is 0 Å². The van der Waals surface area contributed by atoms with E-state index in [0.717, 1.165) is 18.7 Å². The van der Waals surface area contributed by atoms with Crippen LogP contribution in [-0.2, 0) is 22.5 Å². The number of carbonyl (C=O) groups excluding carboxylic acids is 2. The van der Waals surface area contributed by atoms with Gasteiger partial charge in [0, 0.05) is 19.6 Å². The minimum atomic E-state index is -0.500. The molecule has 2 aliphatic heterocycles. The number of imide groups is 1. The van der Waals surface area contributed by atoms with Crippen molar-refractivity contribution < 1.29 is 14.3 Å². The molecule has 0 bridgehead atoms. The number of benzene rings is 2. The van der Waals surface area contributed by atoms with Gasteiger partial charge in [0.15, 0.2) is 0 Å². The molecule has 0 N–H and O–H groups in total. The topological polar surface area (TPSA) is 49.9 Å². The minimum Gasteiger partial charge on any atom is -0.447 e. The van der Waals surface area contributed by atoms with Gasteiger partial charge in [0.25, 0.3) is 0 Å². The lowest BCUT2D eigenvalue weighted by Gasteiger charge is -2.24. The van der Waals surface area contributed by atoms with Crippen molar-refractivity contribution in [3.8, 4) is 0 Å². The molecular weight excluding hydrogens is 352 g/mol. The Morgan fingerprint density at radius 1 is 1.00 bits per heavy atom. The van der Waals surface area contributed by atoms with Crippen LogP contribution in [0.1, 0.15) is 18.1 Å². The van der Waals surface area contributed by atoms with Crippen molar-refractivity contribution in [1.29, 1.82) is 0 Å². The minimum absolute atomic E-state index is 0.0912. The van der Waals surface area contributed by atoms with Crippen molar-refractivity contribution in [2.45, 2.75) is 25.9 Å². The van der Waals surface area contributed by atoms with E-state index in [1.165, 1.54) is 10.5 Å². The molecule has 146 valence electrons. The molecule has 0 unspecified atom stereocenters. The van der Waals surface area contributed by atoms with E-state index in [1.807, 2.05) is 48.5 Å². The first-order chi connectivity index (χ1) is 13.6. The number of likely N-dealkylation sites (tertiary alicyclic amines) is 1. The number of nitrogens with zero attached hydrogens (tertiary/aromatic N) is 2. The lowest BCUT2D eigenvalue weighted by Crippen LogP contribution is -2.45. The molecule has 0 spiro atoms. The molecule has 28 heavy (non-hydrogen) atoms. The zero-order valence-corrected chi connectivity index (χ0v) is 16.2. The van der Waals surface area contributed by atoms with Crippen LogP contribution in [0.2, 0.25) is 0 Å². The Hall–Kier alpha value is -2.66. The van der Waals surface area contributed by atoms with Crippen molar-refractivity contribution in [2.75, 3.05) is 19.7 Å². The van der Waals surface area contributed by atoms with Gasteiger partial charge in [-0.2, -0.15) is 0 Å². The summed E-state index contributed by atoms with van der Waals surface area (Å²) in [6, 6.07) is 20.0. The molecule has 0 radical (unpaired) electrons. The van der Waals surface area contributed by atoms with Gasteiger partial charge in [0.2, 0.25) is 5.91 Å². The Kier molecular flexibility index (Phi) is 5.44. The van der Waals surface area contributed by atoms with Gasteiger partial charge in [-0.1, -0.05) is 67.6 Å². The standard InChI is InChI=1S/C23H26N2O3/c1-17-13-24(14-19-10-6-3-7-11-19)15-21(17)22(26)25-20(16-28-23(25)27)12-18-8-4-2-5-9-18/h2-11,17,20-21H,12-16H2,1H3/t17-,20-,21-/m0/s1. The normalized spacial score (nSPS) is 25.1. The van der Waals surface area contributed by atoms with E-state index in [0.29, 0.717) is 13.0 Å². The number of ether oxygens (including phenoxy) is 1. The summed E-state index contributed by atoms with van der Waals surface area (Å²) < 4.78 is 5.24. The highest BCUT2D eigenvalue weighted by Crippen LogP contribution is 2.29. The summed E-state index contributed by atoms with van der Waals surface area (Å²) in [5.41, 5.74) is 2.35. The molecule has 0 aromatic heterocycles. The first-order valence-electron chi connectivity index (χ1n) is 9.92. The number of carbonyl (C=O) groups is 2. The second-order valence-corrected chi connectivity index (χ2v) is 7.89. The molecule has 3 atom stereocenters. The first kappa shape index (κ1) is 18.7. The van der Waals surface area contributed by atoms with Crippen molar-refractivity contribution in [3.05, 3.63) is 71.8 Å². The molecule has 2 fully saturated rings. The zero-order chi connectivity index (χ0) is 19.5. The smallest absolute Gasteiger partial charge is 0.416 e. The zero-order valence-electron chi connectivity index (χ0n) is 16.2. The van der Waals surface area contributed by atoms with Crippen molar-refractivity contribution in [2.24, 2.45) is 11.8 Å². The van der Waals surface area contributed by atoms with Crippen LogP contribution in [0.3, 0.4) is 0 Å². The molecule has 2 amide bonds. The number of rotatable bonds is 5. The van der Waals surface area contributed by atoms with E-state index in [2.05, 4.69) is 24.0 Å². The molecule has 5 heteroatoms. The van der Waals surface area contributed by atoms with E-state index >= 15 is 0 Å². The summed E-state index contributed by atoms with van der Waals surface area (Å²) >= 11 is 0. The molecule has 5 nitrogen and oxygen atoms in total. The highest BCUT2D eigenvalue weighted by Gasteiger charge is 2.44. The van der Waals surface area contributed by atoms with Gasteiger partial charge in [-0.15, -0.1) is 0 Å². The third-order valence-electron chi connectivity index (χ3n) is 5.77. The third-order valence-corrected chi connectivity index (χ3v) is 5.77. The summed E-state index contributed by atoms with van der Waals surface area (Å²) in [4.78, 5) is 29.3. The van der Waals surface area contributed by atoms with Crippen LogP contribution in [0, 0.1) is 11.8 Å². The third kappa shape index (κ3) is 3.94. The maximum atomic E-state index is 13.3. The highest BCUT2D eigenvalue weighted by molar-refractivity contribution is 5.95. The molecule has 2 saturated heterocycles. The fourth-order valence-corrected chi connectivity index (χ4v) is 4.30. The molecule has 0 aliphatic carbocycles. The van der Waals surface area contributed by atoms with Crippen LogP contribution in [0.4, 0.5) is 4.79 Å². The molecular formula is C23H26N2O3. The predicted octanol–water partition coefficient (Wildman–Crippen LogP) is 3.34. The van der Waals surface area contributed by atoms with Gasteiger partial charge in [-0.25, -0.2) is 9.69 Å². The van der Waals surface area contributed by atoms with Gasteiger partial charge in [-0.05, 0) is 23.5 Å². The summed E-state index contributed by atoms with van der Waals surface area (Å²) in [6.07, 6.45) is 0.132. The fraction of sp³-hybridized carbons (Fsp3) is 0.391. The monoisotopic (exact) mass is 378 g/mol. The van der Waals surface area contributed by atoms with Gasteiger partial charge in [0.05, 0.1) is 12.0 Å². The molecule has 2 aromatic carbocycles. The Labute approximate surface area is 165 Å². The van der Waals surface area contributed by atoms with Gasteiger partial charge in [0.1, 0.15) is 6.61 Å². The summed E-state index contributed by atoms with van der Waals surface area (Å²) in [7, 11) is 0. The Balaban J connectivity index is 1.44. The summed E-state index contributed by atoms with van der Waals surface area (Å²) in [5.74, 6) is -0.0545. The Bertz CT molecular complexity index is 824. The van der Waals surface area contributed by atoms with Crippen LogP contribution in [0.15, 0.2) is 60.7 Å². The Morgan fingerprint density at radius 2 is 1.64 bits per heavy atom. The van der Waals surface area contributed by atoms with Gasteiger partial charge >= 0.3 is 6.09 Å². The second kappa shape index (κ2) is 8.15. The largest absolute Gasteiger partial charge is 0.447 e. The molecule has 4 rings (SSSR count). The molecule has 0 saturated carbocycles. The molecule has 2 aliphatic rings. The van der Waals surface area contributed by atoms with Crippen LogP contribution >= 0.6 is 0 Å². The number of hydrogen-bond acceptors (Lipinski definition) is 4. The van der Waals surface area contributed by atoms with Gasteiger partial charge in [-0.3, -0.25) is 9.69 Å². The van der Waals surface area contributed by atoms with E-state index in [4.69, 9.17) is 4.74 Å². The average Bonchev–Trinajstić information content (AvgIpc) is 3.25. The SMILES string of the molecule is C[C@H]1CN(Cc2ccccc2)C[C@@H]1C(=O)N1C(=O)OC[C@@H]1Cc1ccccc1. The van der Waals surface area contributed by atoms with E-state index in [-0.39, 0.29) is 30.4 Å². The predicted molar refractivity (Wildman–Crippen MR) is 107 cm³/mol. The van der Waals surface area contributed by atoms with Crippen molar-refractivity contribution in [1.82, 2.24) is 9.80 Å². The number of cyclic esters (lactones) is 1.